The third-order valence-corrected chi connectivity index (χ3v) is 3.28. The van der Waals surface area contributed by atoms with Gasteiger partial charge in [0.05, 0.1) is 0 Å². The van der Waals surface area contributed by atoms with E-state index in [1.54, 1.807) is 13.1 Å². The predicted molar refractivity (Wildman–Crippen MR) is 75.4 cm³/mol. The van der Waals surface area contributed by atoms with Crippen molar-refractivity contribution >= 4 is 17.9 Å². The lowest BCUT2D eigenvalue weighted by Crippen LogP contribution is -2.55. The Hall–Kier alpha value is -2.14. The van der Waals surface area contributed by atoms with Crippen molar-refractivity contribution in [3.05, 3.63) is 41.6 Å². The number of amides is 2. The van der Waals surface area contributed by atoms with Crippen LogP contribution < -0.4 is 5.32 Å². The fraction of sp³-hybridized carbons (Fsp3) is 0.333. The highest BCUT2D eigenvalue weighted by atomic mass is 16.3. The van der Waals surface area contributed by atoms with Crippen molar-refractivity contribution in [2.45, 2.75) is 18.9 Å². The molecule has 2 amide bonds. The first-order chi connectivity index (χ1) is 9.63. The van der Waals surface area contributed by atoms with E-state index in [1.807, 2.05) is 30.3 Å². The average molecular weight is 274 g/mol. The van der Waals surface area contributed by atoms with E-state index < -0.39 is 6.04 Å². The highest BCUT2D eigenvalue weighted by Crippen LogP contribution is 2.17. The number of hydrogen-bond acceptors (Lipinski definition) is 3. The van der Waals surface area contributed by atoms with Crippen LogP contribution in [0.4, 0.5) is 0 Å². The molecule has 1 heterocycles. The molecule has 20 heavy (non-hydrogen) atoms. The largest absolute Gasteiger partial charge is 0.396 e. The number of carbonyl (C=O) groups is 2. The van der Waals surface area contributed by atoms with Crippen molar-refractivity contribution in [2.75, 3.05) is 13.7 Å². The van der Waals surface area contributed by atoms with Crippen molar-refractivity contribution < 1.29 is 14.7 Å². The maximum absolute atomic E-state index is 12.2. The van der Waals surface area contributed by atoms with Crippen molar-refractivity contribution in [1.82, 2.24) is 10.2 Å². The van der Waals surface area contributed by atoms with Gasteiger partial charge in [-0.15, -0.1) is 0 Å². The van der Waals surface area contributed by atoms with Gasteiger partial charge < -0.3 is 15.3 Å². The number of benzene rings is 1. The molecule has 106 valence electrons. The minimum Gasteiger partial charge on any atom is -0.396 e. The molecule has 0 saturated carbocycles. The van der Waals surface area contributed by atoms with Crippen LogP contribution in [-0.2, 0) is 9.59 Å². The molecule has 0 aromatic heterocycles. The predicted octanol–water partition coefficient (Wildman–Crippen LogP) is 0.757. The highest BCUT2D eigenvalue weighted by Gasteiger charge is 2.33. The molecular formula is C15H18N2O3. The van der Waals surface area contributed by atoms with Crippen LogP contribution in [0.1, 0.15) is 18.4 Å². The molecule has 0 radical (unpaired) electrons. The SMILES string of the molecule is CN1C(=O)[C@@H](CCCO)NC(=O)/C1=C\c1ccccc1. The number of nitrogens with one attached hydrogen (secondary N) is 1. The van der Waals surface area contributed by atoms with Gasteiger partial charge in [-0.2, -0.15) is 0 Å². The molecular weight excluding hydrogens is 256 g/mol. The third-order valence-electron chi connectivity index (χ3n) is 3.28. The summed E-state index contributed by atoms with van der Waals surface area (Å²) in [4.78, 5) is 25.6. The standard InChI is InChI=1S/C15H18N2O3/c1-17-13(10-11-6-3-2-4-7-11)14(19)16-12(15(17)20)8-5-9-18/h2-4,6-7,10,12,18H,5,8-9H2,1H3,(H,16,19)/b13-10+/t12-/m1/s1. The van der Waals surface area contributed by atoms with Crippen LogP contribution in [-0.4, -0.2) is 41.5 Å². The molecule has 0 bridgehead atoms. The second kappa shape index (κ2) is 6.34. The Morgan fingerprint density at radius 1 is 1.30 bits per heavy atom. The second-order valence-corrected chi connectivity index (χ2v) is 4.73. The lowest BCUT2D eigenvalue weighted by molar-refractivity contribution is -0.139. The van der Waals surface area contributed by atoms with Gasteiger partial charge in [0.1, 0.15) is 11.7 Å². The Kier molecular flexibility index (Phi) is 4.53. The molecule has 1 aromatic rings. The molecule has 1 aliphatic rings. The van der Waals surface area contributed by atoms with Crippen LogP contribution in [0.25, 0.3) is 6.08 Å². The maximum Gasteiger partial charge on any atom is 0.268 e. The molecule has 1 aliphatic heterocycles. The van der Waals surface area contributed by atoms with Crippen LogP contribution in [0.15, 0.2) is 36.0 Å². The molecule has 0 aliphatic carbocycles. The molecule has 1 aromatic carbocycles. The summed E-state index contributed by atoms with van der Waals surface area (Å²) >= 11 is 0. The summed E-state index contributed by atoms with van der Waals surface area (Å²) in [6, 6.07) is 8.83. The zero-order valence-corrected chi connectivity index (χ0v) is 11.4. The highest BCUT2D eigenvalue weighted by molar-refractivity contribution is 6.07. The van der Waals surface area contributed by atoms with Gasteiger partial charge in [-0.3, -0.25) is 9.59 Å². The van der Waals surface area contributed by atoms with Crippen molar-refractivity contribution in [3.63, 3.8) is 0 Å². The Morgan fingerprint density at radius 3 is 2.65 bits per heavy atom. The minimum absolute atomic E-state index is 0.01000. The smallest absolute Gasteiger partial charge is 0.268 e. The summed E-state index contributed by atoms with van der Waals surface area (Å²) in [5, 5.41) is 11.5. The summed E-state index contributed by atoms with van der Waals surface area (Å²) in [6.07, 6.45) is 2.63. The Balaban J connectivity index is 2.19. The summed E-state index contributed by atoms with van der Waals surface area (Å²) in [5.41, 5.74) is 1.20. The number of nitrogens with zero attached hydrogens (tertiary/aromatic N) is 1. The van der Waals surface area contributed by atoms with Crippen molar-refractivity contribution in [1.29, 1.82) is 0 Å². The normalized spacial score (nSPS) is 21.2. The van der Waals surface area contributed by atoms with Gasteiger partial charge >= 0.3 is 0 Å². The van der Waals surface area contributed by atoms with E-state index in [-0.39, 0.29) is 18.4 Å². The van der Waals surface area contributed by atoms with Crippen LogP contribution in [0.5, 0.6) is 0 Å². The number of likely N-dealkylation sites (N-methyl/N-ethyl adjacent to an activating group) is 1. The van der Waals surface area contributed by atoms with Gasteiger partial charge in [0, 0.05) is 13.7 Å². The maximum atomic E-state index is 12.2. The molecule has 2 N–H and O–H groups in total. The number of rotatable bonds is 4. The molecule has 5 nitrogen and oxygen atoms in total. The topological polar surface area (TPSA) is 69.6 Å². The van der Waals surface area contributed by atoms with Crippen molar-refractivity contribution in [2.24, 2.45) is 0 Å². The van der Waals surface area contributed by atoms with Gasteiger partial charge in [0.2, 0.25) is 5.91 Å². The summed E-state index contributed by atoms with van der Waals surface area (Å²) < 4.78 is 0. The third kappa shape index (κ3) is 3.05. The monoisotopic (exact) mass is 274 g/mol. The minimum atomic E-state index is -0.549. The van der Waals surface area contributed by atoms with Crippen LogP contribution >= 0.6 is 0 Å². The van der Waals surface area contributed by atoms with E-state index in [0.717, 1.165) is 5.56 Å². The summed E-state index contributed by atoms with van der Waals surface area (Å²) in [6.45, 7) is 0.01000. The van der Waals surface area contributed by atoms with E-state index >= 15 is 0 Å². The fourth-order valence-corrected chi connectivity index (χ4v) is 2.16. The lowest BCUT2D eigenvalue weighted by atomic mass is 10.1. The van der Waals surface area contributed by atoms with Crippen molar-refractivity contribution in [3.8, 4) is 0 Å². The Morgan fingerprint density at radius 2 is 2.00 bits per heavy atom. The van der Waals surface area contributed by atoms with E-state index in [0.29, 0.717) is 18.5 Å². The summed E-state index contributed by atoms with van der Waals surface area (Å²) in [7, 11) is 1.60. The zero-order chi connectivity index (χ0) is 14.5. The van der Waals surface area contributed by atoms with Gasteiger partial charge in [0.15, 0.2) is 0 Å². The van der Waals surface area contributed by atoms with Crippen LogP contribution in [0, 0.1) is 0 Å². The number of carbonyl (C=O) groups excluding carboxylic acids is 2. The van der Waals surface area contributed by atoms with Gasteiger partial charge in [0.25, 0.3) is 5.91 Å². The second-order valence-electron chi connectivity index (χ2n) is 4.73. The first-order valence-electron chi connectivity index (χ1n) is 6.59. The zero-order valence-electron chi connectivity index (χ0n) is 11.4. The first kappa shape index (κ1) is 14.3. The number of aliphatic hydroxyl groups is 1. The lowest BCUT2D eigenvalue weighted by Gasteiger charge is -2.31. The molecule has 2 rings (SSSR count). The number of aliphatic hydroxyl groups excluding tert-OH is 1. The van der Waals surface area contributed by atoms with E-state index in [1.165, 1.54) is 4.90 Å². The van der Waals surface area contributed by atoms with E-state index in [9.17, 15) is 9.59 Å². The molecule has 5 heteroatoms. The molecule has 1 saturated heterocycles. The Bertz CT molecular complexity index is 525. The Labute approximate surface area is 117 Å². The van der Waals surface area contributed by atoms with E-state index in [4.69, 9.17) is 5.11 Å². The molecule has 0 unspecified atom stereocenters. The number of hydrogen-bond donors (Lipinski definition) is 2. The molecule has 1 atom stereocenters. The molecule has 1 fully saturated rings. The van der Waals surface area contributed by atoms with Gasteiger partial charge in [-0.05, 0) is 24.5 Å². The van der Waals surface area contributed by atoms with Crippen LogP contribution in [0.3, 0.4) is 0 Å². The fourth-order valence-electron chi connectivity index (χ4n) is 2.16. The number of piperazine rings is 1. The molecule has 0 spiro atoms. The summed E-state index contributed by atoms with van der Waals surface area (Å²) in [5.74, 6) is -0.417. The quantitative estimate of drug-likeness (QED) is 0.796. The van der Waals surface area contributed by atoms with Crippen LogP contribution in [0.2, 0.25) is 0 Å². The van der Waals surface area contributed by atoms with E-state index in [2.05, 4.69) is 5.32 Å². The first-order valence-corrected chi connectivity index (χ1v) is 6.59. The van der Waals surface area contributed by atoms with Gasteiger partial charge in [-0.25, -0.2) is 0 Å². The van der Waals surface area contributed by atoms with Gasteiger partial charge in [-0.1, -0.05) is 30.3 Å². The average Bonchev–Trinajstić information content (AvgIpc) is 2.47.